The average Bonchev–Trinajstić information content (AvgIpc) is 3.08. The Balaban J connectivity index is 1.98. The third-order valence-electron chi connectivity index (χ3n) is 3.88. The normalized spacial score (nSPS) is 12.2. The number of hydrogen-bond donors (Lipinski definition) is 2. The zero-order valence-corrected chi connectivity index (χ0v) is 14.7. The first-order valence-corrected chi connectivity index (χ1v) is 8.82. The maximum absolute atomic E-state index is 12.2. The van der Waals surface area contributed by atoms with E-state index in [9.17, 15) is 4.79 Å². The molecule has 0 fully saturated rings. The largest absolute Gasteiger partial charge is 0.336 e. The van der Waals surface area contributed by atoms with Crippen molar-refractivity contribution >= 4 is 23.2 Å². The average molecular weight is 332 g/mol. The Morgan fingerprint density at radius 3 is 2.74 bits per heavy atom. The maximum Gasteiger partial charge on any atom is 0.320 e. The number of nitrogens with zero attached hydrogens (tertiary/aromatic N) is 2. The van der Waals surface area contributed by atoms with E-state index in [-0.39, 0.29) is 12.1 Å². The van der Waals surface area contributed by atoms with Gasteiger partial charge in [-0.25, -0.2) is 9.78 Å². The molecule has 23 heavy (non-hydrogen) atoms. The molecule has 0 aromatic carbocycles. The van der Waals surface area contributed by atoms with E-state index in [1.54, 1.807) is 17.5 Å². The van der Waals surface area contributed by atoms with E-state index >= 15 is 0 Å². The highest BCUT2D eigenvalue weighted by Crippen LogP contribution is 2.22. The monoisotopic (exact) mass is 332 g/mol. The fraction of sp³-hybridized carbons (Fsp3) is 0.412. The fourth-order valence-corrected chi connectivity index (χ4v) is 3.25. The van der Waals surface area contributed by atoms with Crippen molar-refractivity contribution < 1.29 is 4.79 Å². The third-order valence-corrected chi connectivity index (χ3v) is 4.58. The van der Waals surface area contributed by atoms with Gasteiger partial charge in [-0.1, -0.05) is 19.9 Å². The number of amides is 2. The van der Waals surface area contributed by atoms with Crippen LogP contribution in [-0.4, -0.2) is 35.5 Å². The predicted octanol–water partition coefficient (Wildman–Crippen LogP) is 3.66. The number of thiophene rings is 1. The highest BCUT2D eigenvalue weighted by molar-refractivity contribution is 7.07. The Kier molecular flexibility index (Phi) is 6.55. The van der Waals surface area contributed by atoms with Gasteiger partial charge in [-0.15, -0.1) is 0 Å². The van der Waals surface area contributed by atoms with Crippen molar-refractivity contribution in [3.05, 3.63) is 46.3 Å². The Hall–Kier alpha value is -1.92. The van der Waals surface area contributed by atoms with Crippen molar-refractivity contribution in [1.82, 2.24) is 15.2 Å². The van der Waals surface area contributed by atoms with Gasteiger partial charge < -0.3 is 5.32 Å². The van der Waals surface area contributed by atoms with E-state index in [1.165, 1.54) is 5.56 Å². The predicted molar refractivity (Wildman–Crippen MR) is 96.0 cm³/mol. The number of hydrogen-bond acceptors (Lipinski definition) is 4. The molecule has 0 aliphatic rings. The van der Waals surface area contributed by atoms with Crippen LogP contribution >= 0.6 is 11.3 Å². The molecule has 2 rings (SSSR count). The van der Waals surface area contributed by atoms with Gasteiger partial charge in [-0.05, 0) is 54.0 Å². The van der Waals surface area contributed by atoms with Crippen LogP contribution in [-0.2, 0) is 0 Å². The molecule has 0 radical (unpaired) electrons. The Morgan fingerprint density at radius 2 is 2.13 bits per heavy atom. The molecule has 124 valence electrons. The molecule has 0 spiro atoms. The van der Waals surface area contributed by atoms with Crippen LogP contribution in [0.1, 0.15) is 31.0 Å². The smallest absolute Gasteiger partial charge is 0.320 e. The topological polar surface area (TPSA) is 57.3 Å². The second kappa shape index (κ2) is 8.64. The highest BCUT2D eigenvalue weighted by Gasteiger charge is 2.19. The van der Waals surface area contributed by atoms with Gasteiger partial charge in [0.15, 0.2) is 0 Å². The third kappa shape index (κ3) is 4.77. The first-order valence-electron chi connectivity index (χ1n) is 7.88. The van der Waals surface area contributed by atoms with Crippen LogP contribution in [0, 0.1) is 6.92 Å². The lowest BCUT2D eigenvalue weighted by Gasteiger charge is -2.29. The van der Waals surface area contributed by atoms with Crippen molar-refractivity contribution in [2.45, 2.75) is 26.8 Å². The van der Waals surface area contributed by atoms with Gasteiger partial charge in [0, 0.05) is 12.7 Å². The highest BCUT2D eigenvalue weighted by atomic mass is 32.1. The van der Waals surface area contributed by atoms with E-state index in [4.69, 9.17) is 0 Å². The minimum Gasteiger partial charge on any atom is -0.336 e. The van der Waals surface area contributed by atoms with Crippen LogP contribution in [0.3, 0.4) is 0 Å². The van der Waals surface area contributed by atoms with Gasteiger partial charge in [0.1, 0.15) is 5.82 Å². The SMILES string of the molecule is CCN(CC)[C@@H](CNC(=O)Nc1ncccc1C)c1ccsc1. The van der Waals surface area contributed by atoms with E-state index in [0.29, 0.717) is 12.4 Å². The van der Waals surface area contributed by atoms with Crippen LogP contribution < -0.4 is 10.6 Å². The molecule has 0 saturated heterocycles. The van der Waals surface area contributed by atoms with E-state index < -0.39 is 0 Å². The van der Waals surface area contributed by atoms with E-state index in [2.05, 4.69) is 51.2 Å². The zero-order valence-electron chi connectivity index (χ0n) is 13.9. The van der Waals surface area contributed by atoms with Gasteiger partial charge in [-0.2, -0.15) is 11.3 Å². The molecule has 2 aromatic heterocycles. The van der Waals surface area contributed by atoms with Gasteiger partial charge >= 0.3 is 6.03 Å². The molecule has 0 aliphatic heterocycles. The van der Waals surface area contributed by atoms with Crippen LogP contribution in [0.5, 0.6) is 0 Å². The summed E-state index contributed by atoms with van der Waals surface area (Å²) in [6, 6.07) is 5.86. The fourth-order valence-electron chi connectivity index (χ4n) is 2.54. The number of anilines is 1. The second-order valence-electron chi connectivity index (χ2n) is 5.30. The maximum atomic E-state index is 12.2. The molecular weight excluding hydrogens is 308 g/mol. The molecule has 5 nitrogen and oxygen atoms in total. The van der Waals surface area contributed by atoms with Crippen LogP contribution in [0.2, 0.25) is 0 Å². The minimum absolute atomic E-state index is 0.187. The van der Waals surface area contributed by atoms with Crippen molar-refractivity contribution in [3.63, 3.8) is 0 Å². The number of nitrogens with one attached hydrogen (secondary N) is 2. The summed E-state index contributed by atoms with van der Waals surface area (Å²) >= 11 is 1.68. The number of likely N-dealkylation sites (N-methyl/N-ethyl adjacent to an activating group) is 1. The first kappa shape index (κ1) is 17.4. The number of aryl methyl sites for hydroxylation is 1. The molecule has 0 unspecified atom stereocenters. The van der Waals surface area contributed by atoms with Crippen molar-refractivity contribution in [2.75, 3.05) is 25.0 Å². The zero-order chi connectivity index (χ0) is 16.7. The molecule has 0 saturated carbocycles. The standard InChI is InChI=1S/C17H24N4OS/c1-4-21(5-2)15(14-8-10-23-12-14)11-19-17(22)20-16-13(3)7-6-9-18-16/h6-10,12,15H,4-5,11H2,1-3H3,(H2,18,19,20,22)/t15-/m0/s1. The molecule has 6 heteroatoms. The molecule has 0 aliphatic carbocycles. The number of rotatable bonds is 7. The Labute approximate surface area is 141 Å². The summed E-state index contributed by atoms with van der Waals surface area (Å²) < 4.78 is 0. The number of pyridine rings is 1. The van der Waals surface area contributed by atoms with Crippen LogP contribution in [0.25, 0.3) is 0 Å². The molecule has 2 amide bonds. The summed E-state index contributed by atoms with van der Waals surface area (Å²) in [6.07, 6.45) is 1.67. The molecular formula is C17H24N4OS. The van der Waals surface area contributed by atoms with Crippen molar-refractivity contribution in [1.29, 1.82) is 0 Å². The van der Waals surface area contributed by atoms with Gasteiger partial charge in [-0.3, -0.25) is 10.2 Å². The summed E-state index contributed by atoms with van der Waals surface area (Å²) in [5.74, 6) is 0.597. The Bertz CT molecular complexity index is 611. The summed E-state index contributed by atoms with van der Waals surface area (Å²) in [4.78, 5) is 18.7. The molecule has 2 aromatic rings. The van der Waals surface area contributed by atoms with Crippen LogP contribution in [0.15, 0.2) is 35.2 Å². The Morgan fingerprint density at radius 1 is 1.35 bits per heavy atom. The lowest BCUT2D eigenvalue weighted by Crippen LogP contribution is -2.39. The lowest BCUT2D eigenvalue weighted by atomic mass is 10.1. The number of aromatic nitrogens is 1. The van der Waals surface area contributed by atoms with Crippen molar-refractivity contribution in [2.24, 2.45) is 0 Å². The van der Waals surface area contributed by atoms with E-state index in [1.807, 2.05) is 19.1 Å². The van der Waals surface area contributed by atoms with Gasteiger partial charge in [0.2, 0.25) is 0 Å². The van der Waals surface area contributed by atoms with Crippen molar-refractivity contribution in [3.8, 4) is 0 Å². The number of carbonyl (C=O) groups is 1. The van der Waals surface area contributed by atoms with Gasteiger partial charge in [0.05, 0.1) is 6.04 Å². The summed E-state index contributed by atoms with van der Waals surface area (Å²) in [5, 5.41) is 9.99. The molecule has 1 atom stereocenters. The summed E-state index contributed by atoms with van der Waals surface area (Å²) in [5.41, 5.74) is 2.19. The summed E-state index contributed by atoms with van der Waals surface area (Å²) in [6.45, 7) is 8.66. The van der Waals surface area contributed by atoms with E-state index in [0.717, 1.165) is 18.7 Å². The first-order chi connectivity index (χ1) is 11.2. The second-order valence-corrected chi connectivity index (χ2v) is 6.08. The lowest BCUT2D eigenvalue weighted by molar-refractivity contribution is 0.210. The quantitative estimate of drug-likeness (QED) is 0.813. The molecule has 2 heterocycles. The molecule has 0 bridgehead atoms. The minimum atomic E-state index is -0.223. The number of urea groups is 1. The summed E-state index contributed by atoms with van der Waals surface area (Å²) in [7, 11) is 0. The van der Waals surface area contributed by atoms with Crippen LogP contribution in [0.4, 0.5) is 10.6 Å². The molecule has 2 N–H and O–H groups in total. The van der Waals surface area contributed by atoms with Gasteiger partial charge in [0.25, 0.3) is 0 Å². The number of carbonyl (C=O) groups excluding carboxylic acids is 1.